The molecule has 0 bridgehead atoms. The summed E-state index contributed by atoms with van der Waals surface area (Å²) in [5.41, 5.74) is 0.898. The van der Waals surface area contributed by atoms with E-state index in [1.807, 2.05) is 13.0 Å². The van der Waals surface area contributed by atoms with Gasteiger partial charge in [-0.25, -0.2) is 4.39 Å². The Hall–Kier alpha value is -1.09. The summed E-state index contributed by atoms with van der Waals surface area (Å²) in [7, 11) is 0. The highest BCUT2D eigenvalue weighted by atomic mass is 19.1. The zero-order valence-electron chi connectivity index (χ0n) is 8.13. The van der Waals surface area contributed by atoms with Gasteiger partial charge in [-0.05, 0) is 24.6 Å². The monoisotopic (exact) mass is 196 g/mol. The summed E-state index contributed by atoms with van der Waals surface area (Å²) >= 11 is 0. The molecule has 1 saturated heterocycles. The van der Waals surface area contributed by atoms with Crippen molar-refractivity contribution in [2.75, 3.05) is 13.2 Å². The molecule has 2 nitrogen and oxygen atoms in total. The van der Waals surface area contributed by atoms with Crippen LogP contribution in [0, 0.1) is 12.7 Å². The van der Waals surface area contributed by atoms with Crippen molar-refractivity contribution in [3.05, 3.63) is 29.6 Å². The van der Waals surface area contributed by atoms with Gasteiger partial charge in [-0.15, -0.1) is 0 Å². The molecular weight excluding hydrogens is 183 g/mol. The summed E-state index contributed by atoms with van der Waals surface area (Å²) in [6.07, 6.45) is 1.16. The molecule has 76 valence electrons. The highest BCUT2D eigenvalue weighted by molar-refractivity contribution is 5.28. The Kier molecular flexibility index (Phi) is 2.68. The molecule has 1 aromatic rings. The van der Waals surface area contributed by atoms with E-state index < -0.39 is 0 Å². The van der Waals surface area contributed by atoms with E-state index in [0.29, 0.717) is 12.4 Å². The Labute approximate surface area is 82.6 Å². The van der Waals surface area contributed by atoms with Crippen molar-refractivity contribution >= 4 is 0 Å². The van der Waals surface area contributed by atoms with Gasteiger partial charge in [0.1, 0.15) is 6.61 Å². The fraction of sp³-hybridized carbons (Fsp3) is 0.455. The van der Waals surface area contributed by atoms with Crippen LogP contribution in [0.5, 0.6) is 5.75 Å². The van der Waals surface area contributed by atoms with Gasteiger partial charge in [0, 0.05) is 13.0 Å². The number of hydrogen-bond donors (Lipinski definition) is 0. The van der Waals surface area contributed by atoms with Crippen LogP contribution in [0.15, 0.2) is 18.2 Å². The quantitative estimate of drug-likeness (QED) is 0.738. The first-order valence-corrected chi connectivity index (χ1v) is 4.76. The summed E-state index contributed by atoms with van der Waals surface area (Å²) in [6, 6.07) is 4.96. The molecule has 14 heavy (non-hydrogen) atoms. The van der Waals surface area contributed by atoms with Crippen LogP contribution in [-0.2, 0) is 4.74 Å². The zero-order valence-corrected chi connectivity index (χ0v) is 8.13. The Morgan fingerprint density at radius 3 is 2.93 bits per heavy atom. The highest BCUT2D eigenvalue weighted by Gasteiger charge is 2.19. The lowest BCUT2D eigenvalue weighted by Crippen LogP contribution is -2.32. The average molecular weight is 196 g/mol. The van der Waals surface area contributed by atoms with E-state index in [1.165, 1.54) is 6.07 Å². The van der Waals surface area contributed by atoms with Crippen molar-refractivity contribution in [3.63, 3.8) is 0 Å². The third-order valence-electron chi connectivity index (χ3n) is 2.31. The first-order valence-electron chi connectivity index (χ1n) is 4.76. The first-order chi connectivity index (χ1) is 6.75. The molecule has 1 aliphatic heterocycles. The topological polar surface area (TPSA) is 18.5 Å². The van der Waals surface area contributed by atoms with Gasteiger partial charge in [0.2, 0.25) is 0 Å². The zero-order chi connectivity index (χ0) is 9.97. The SMILES string of the molecule is Cc1ccc(OCC2CCO2)c(F)c1. The summed E-state index contributed by atoms with van der Waals surface area (Å²) in [4.78, 5) is 0. The number of benzene rings is 1. The summed E-state index contributed by atoms with van der Waals surface area (Å²) in [5, 5.41) is 0. The molecule has 0 saturated carbocycles. The van der Waals surface area contributed by atoms with E-state index in [2.05, 4.69) is 0 Å². The fourth-order valence-corrected chi connectivity index (χ4v) is 1.32. The third kappa shape index (κ3) is 2.04. The lowest BCUT2D eigenvalue weighted by atomic mass is 10.2. The van der Waals surface area contributed by atoms with Crippen LogP contribution in [0.2, 0.25) is 0 Å². The van der Waals surface area contributed by atoms with Gasteiger partial charge in [-0.1, -0.05) is 6.07 Å². The van der Waals surface area contributed by atoms with E-state index in [9.17, 15) is 4.39 Å². The molecule has 0 radical (unpaired) electrons. The number of ether oxygens (including phenoxy) is 2. The van der Waals surface area contributed by atoms with Crippen LogP contribution in [0.4, 0.5) is 4.39 Å². The van der Waals surface area contributed by atoms with Gasteiger partial charge < -0.3 is 9.47 Å². The van der Waals surface area contributed by atoms with E-state index in [1.54, 1.807) is 6.07 Å². The number of hydrogen-bond acceptors (Lipinski definition) is 2. The smallest absolute Gasteiger partial charge is 0.165 e. The van der Waals surface area contributed by atoms with Gasteiger partial charge in [-0.3, -0.25) is 0 Å². The van der Waals surface area contributed by atoms with E-state index >= 15 is 0 Å². The molecule has 1 aromatic carbocycles. The minimum atomic E-state index is -0.302. The molecule has 2 rings (SSSR count). The van der Waals surface area contributed by atoms with Crippen molar-refractivity contribution in [3.8, 4) is 5.75 Å². The molecule has 1 atom stereocenters. The Morgan fingerprint density at radius 2 is 2.36 bits per heavy atom. The standard InChI is InChI=1S/C11H13FO2/c1-8-2-3-11(10(12)6-8)14-7-9-4-5-13-9/h2-3,6,9H,4-5,7H2,1H3. The van der Waals surface area contributed by atoms with Gasteiger partial charge >= 0.3 is 0 Å². The van der Waals surface area contributed by atoms with Crippen LogP contribution < -0.4 is 4.74 Å². The van der Waals surface area contributed by atoms with Gasteiger partial charge in [-0.2, -0.15) is 0 Å². The van der Waals surface area contributed by atoms with E-state index in [-0.39, 0.29) is 11.9 Å². The maximum Gasteiger partial charge on any atom is 0.165 e. The van der Waals surface area contributed by atoms with Crippen LogP contribution in [0.1, 0.15) is 12.0 Å². The minimum absolute atomic E-state index is 0.149. The normalized spacial score (nSPS) is 20.3. The molecular formula is C11H13FO2. The number of rotatable bonds is 3. The molecule has 1 aliphatic rings. The van der Waals surface area contributed by atoms with Crippen LogP contribution in [-0.4, -0.2) is 19.3 Å². The molecule has 0 N–H and O–H groups in total. The molecule has 1 heterocycles. The second-order valence-corrected chi connectivity index (χ2v) is 3.53. The summed E-state index contributed by atoms with van der Waals surface area (Å²) < 4.78 is 23.7. The highest BCUT2D eigenvalue weighted by Crippen LogP contribution is 2.19. The molecule has 1 unspecified atom stereocenters. The van der Waals surface area contributed by atoms with Gasteiger partial charge in [0.05, 0.1) is 6.10 Å². The second kappa shape index (κ2) is 3.96. The van der Waals surface area contributed by atoms with Crippen LogP contribution >= 0.6 is 0 Å². The molecule has 0 aromatic heterocycles. The van der Waals surface area contributed by atoms with Crippen LogP contribution in [0.3, 0.4) is 0 Å². The van der Waals surface area contributed by atoms with Gasteiger partial charge in [0.25, 0.3) is 0 Å². The molecule has 1 fully saturated rings. The average Bonchev–Trinajstić information content (AvgIpc) is 2.05. The van der Waals surface area contributed by atoms with Gasteiger partial charge in [0.15, 0.2) is 11.6 Å². The van der Waals surface area contributed by atoms with E-state index in [0.717, 1.165) is 18.6 Å². The predicted octanol–water partition coefficient (Wildman–Crippen LogP) is 2.30. The van der Waals surface area contributed by atoms with Crippen molar-refractivity contribution in [2.24, 2.45) is 0 Å². The lowest BCUT2D eigenvalue weighted by Gasteiger charge is -2.26. The third-order valence-corrected chi connectivity index (χ3v) is 2.31. The number of aryl methyl sites for hydroxylation is 1. The molecule has 0 aliphatic carbocycles. The van der Waals surface area contributed by atoms with E-state index in [4.69, 9.17) is 9.47 Å². The van der Waals surface area contributed by atoms with Crippen LogP contribution in [0.25, 0.3) is 0 Å². The Morgan fingerprint density at radius 1 is 1.57 bits per heavy atom. The Balaban J connectivity index is 1.94. The number of halogens is 1. The Bertz CT molecular complexity index is 321. The van der Waals surface area contributed by atoms with Crippen molar-refractivity contribution in [2.45, 2.75) is 19.4 Å². The largest absolute Gasteiger partial charge is 0.488 e. The molecule has 0 spiro atoms. The lowest BCUT2D eigenvalue weighted by molar-refractivity contribution is -0.0725. The van der Waals surface area contributed by atoms with Crippen molar-refractivity contribution in [1.29, 1.82) is 0 Å². The minimum Gasteiger partial charge on any atom is -0.488 e. The first kappa shape index (κ1) is 9.46. The maximum atomic E-state index is 13.3. The summed E-state index contributed by atoms with van der Waals surface area (Å²) in [5.74, 6) is 0.00965. The summed E-state index contributed by atoms with van der Waals surface area (Å²) in [6.45, 7) is 3.09. The molecule has 0 amide bonds. The second-order valence-electron chi connectivity index (χ2n) is 3.53. The fourth-order valence-electron chi connectivity index (χ4n) is 1.32. The van der Waals surface area contributed by atoms with Crippen molar-refractivity contribution < 1.29 is 13.9 Å². The van der Waals surface area contributed by atoms with Crippen molar-refractivity contribution in [1.82, 2.24) is 0 Å². The maximum absolute atomic E-state index is 13.3. The predicted molar refractivity (Wildman–Crippen MR) is 51.0 cm³/mol. The molecule has 3 heteroatoms.